The van der Waals surface area contributed by atoms with Crippen LogP contribution in [0.3, 0.4) is 0 Å². The van der Waals surface area contributed by atoms with E-state index in [9.17, 15) is 4.79 Å². The normalized spacial score (nSPS) is 18.4. The zero-order valence-corrected chi connectivity index (χ0v) is 12.4. The van der Waals surface area contributed by atoms with Crippen LogP contribution in [0.1, 0.15) is 51.7 Å². The van der Waals surface area contributed by atoms with E-state index in [1.807, 2.05) is 0 Å². The number of piperidine rings is 1. The largest absolute Gasteiger partial charge is 0.481 e. The molecule has 1 N–H and O–H groups in total. The molecule has 2 heterocycles. The Morgan fingerprint density at radius 1 is 1.40 bits per heavy atom. The van der Waals surface area contributed by atoms with E-state index in [2.05, 4.69) is 35.8 Å². The second kappa shape index (κ2) is 5.91. The third-order valence-electron chi connectivity index (χ3n) is 3.67. The number of hydrogen-bond acceptors (Lipinski definition) is 5. The first-order valence-electron chi connectivity index (χ1n) is 7.12. The van der Waals surface area contributed by atoms with Gasteiger partial charge in [0, 0.05) is 11.8 Å². The van der Waals surface area contributed by atoms with Crippen LogP contribution in [0.25, 0.3) is 0 Å². The summed E-state index contributed by atoms with van der Waals surface area (Å²) in [6.07, 6.45) is 2.13. The molecule has 0 aromatic carbocycles. The van der Waals surface area contributed by atoms with Crippen LogP contribution in [-0.4, -0.2) is 39.2 Å². The van der Waals surface area contributed by atoms with E-state index < -0.39 is 5.97 Å². The molecular weight excluding hydrogens is 258 g/mol. The van der Waals surface area contributed by atoms with Crippen molar-refractivity contribution >= 4 is 5.97 Å². The van der Waals surface area contributed by atoms with Gasteiger partial charge in [0.25, 0.3) is 0 Å². The van der Waals surface area contributed by atoms with Crippen LogP contribution in [0.2, 0.25) is 0 Å². The minimum absolute atomic E-state index is 0.101. The molecule has 0 atom stereocenters. The van der Waals surface area contributed by atoms with E-state index in [1.165, 1.54) is 0 Å². The van der Waals surface area contributed by atoms with Gasteiger partial charge in [-0.1, -0.05) is 25.9 Å². The summed E-state index contributed by atoms with van der Waals surface area (Å²) in [5.41, 5.74) is -0.101. The molecule has 0 amide bonds. The number of aromatic nitrogens is 2. The van der Waals surface area contributed by atoms with Crippen molar-refractivity contribution in [3.05, 3.63) is 11.7 Å². The van der Waals surface area contributed by atoms with Crippen LogP contribution in [0.15, 0.2) is 4.52 Å². The van der Waals surface area contributed by atoms with Crippen LogP contribution in [0.4, 0.5) is 0 Å². The van der Waals surface area contributed by atoms with Gasteiger partial charge in [-0.05, 0) is 31.8 Å². The Bertz CT molecular complexity index is 456. The molecular formula is C14H23N3O3. The third-order valence-corrected chi connectivity index (χ3v) is 3.67. The molecule has 20 heavy (non-hydrogen) atoms. The first-order chi connectivity index (χ1) is 9.34. The van der Waals surface area contributed by atoms with Crippen molar-refractivity contribution < 1.29 is 14.4 Å². The van der Waals surface area contributed by atoms with Crippen LogP contribution < -0.4 is 0 Å². The molecule has 0 aliphatic carbocycles. The lowest BCUT2D eigenvalue weighted by molar-refractivity contribution is -0.138. The fourth-order valence-corrected chi connectivity index (χ4v) is 2.41. The van der Waals surface area contributed by atoms with Gasteiger partial charge in [0.05, 0.1) is 6.54 Å². The first kappa shape index (κ1) is 15.0. The van der Waals surface area contributed by atoms with E-state index in [1.54, 1.807) is 0 Å². The monoisotopic (exact) mass is 281 g/mol. The summed E-state index contributed by atoms with van der Waals surface area (Å²) in [5.74, 6) is 0.978. The van der Waals surface area contributed by atoms with Gasteiger partial charge < -0.3 is 9.63 Å². The summed E-state index contributed by atoms with van der Waals surface area (Å²) in [6, 6.07) is 0. The van der Waals surface area contributed by atoms with Gasteiger partial charge in [0.15, 0.2) is 5.82 Å². The van der Waals surface area contributed by atoms with Crippen molar-refractivity contribution in [2.24, 2.45) is 5.92 Å². The van der Waals surface area contributed by atoms with Crippen molar-refractivity contribution in [1.82, 2.24) is 15.0 Å². The minimum Gasteiger partial charge on any atom is -0.481 e. The highest BCUT2D eigenvalue weighted by molar-refractivity contribution is 5.67. The number of hydrogen-bond donors (Lipinski definition) is 1. The Hall–Kier alpha value is -1.43. The molecule has 2 rings (SSSR count). The van der Waals surface area contributed by atoms with Gasteiger partial charge in [-0.2, -0.15) is 4.98 Å². The van der Waals surface area contributed by atoms with Crippen molar-refractivity contribution in [3.8, 4) is 0 Å². The number of aliphatic carboxylic acids is 1. The predicted octanol–water partition coefficient (Wildman–Crippen LogP) is 2.05. The molecule has 0 radical (unpaired) electrons. The van der Waals surface area contributed by atoms with Crippen LogP contribution in [-0.2, 0) is 16.8 Å². The van der Waals surface area contributed by atoms with E-state index in [4.69, 9.17) is 9.63 Å². The van der Waals surface area contributed by atoms with E-state index in [0.717, 1.165) is 31.8 Å². The zero-order valence-electron chi connectivity index (χ0n) is 12.4. The van der Waals surface area contributed by atoms with Gasteiger partial charge in [-0.15, -0.1) is 0 Å². The fourth-order valence-electron chi connectivity index (χ4n) is 2.41. The fraction of sp³-hybridized carbons (Fsp3) is 0.786. The second-order valence-electron chi connectivity index (χ2n) is 6.58. The maximum atomic E-state index is 10.7. The third kappa shape index (κ3) is 4.03. The van der Waals surface area contributed by atoms with E-state index in [-0.39, 0.29) is 11.8 Å². The first-order valence-corrected chi connectivity index (χ1v) is 7.12. The molecule has 1 aliphatic rings. The van der Waals surface area contributed by atoms with E-state index >= 15 is 0 Å². The highest BCUT2D eigenvalue weighted by atomic mass is 16.5. The predicted molar refractivity (Wildman–Crippen MR) is 73.3 cm³/mol. The number of carboxylic acids is 1. The maximum Gasteiger partial charge on any atom is 0.303 e. The minimum atomic E-state index is -0.699. The lowest BCUT2D eigenvalue weighted by Gasteiger charge is -2.30. The standard InChI is InChI=1S/C14H23N3O3/c1-14(2,3)13-15-11(20-16-13)9-17-6-4-10(5-7-17)8-12(18)19/h10H,4-9H2,1-3H3,(H,18,19). The highest BCUT2D eigenvalue weighted by Gasteiger charge is 2.24. The van der Waals surface area contributed by atoms with Gasteiger partial charge >= 0.3 is 5.97 Å². The number of carboxylic acid groups (broad SMARTS) is 1. The molecule has 1 aliphatic heterocycles. The van der Waals surface area contributed by atoms with Crippen LogP contribution in [0.5, 0.6) is 0 Å². The summed E-state index contributed by atoms with van der Waals surface area (Å²) in [7, 11) is 0. The van der Waals surface area contributed by atoms with Gasteiger partial charge in [-0.3, -0.25) is 9.69 Å². The van der Waals surface area contributed by atoms with Crippen molar-refractivity contribution in [3.63, 3.8) is 0 Å². The number of likely N-dealkylation sites (tertiary alicyclic amines) is 1. The molecule has 1 fully saturated rings. The average molecular weight is 281 g/mol. The summed E-state index contributed by atoms with van der Waals surface area (Å²) in [6.45, 7) is 8.61. The quantitative estimate of drug-likeness (QED) is 0.910. The SMILES string of the molecule is CC(C)(C)c1noc(CN2CCC(CC(=O)O)CC2)n1. The van der Waals surface area contributed by atoms with E-state index in [0.29, 0.717) is 18.4 Å². The molecule has 0 unspecified atom stereocenters. The Morgan fingerprint density at radius 2 is 2.05 bits per heavy atom. The molecule has 6 heteroatoms. The lowest BCUT2D eigenvalue weighted by Crippen LogP contribution is -2.34. The zero-order chi connectivity index (χ0) is 14.8. The Labute approximate surface area is 119 Å². The van der Waals surface area contributed by atoms with Crippen molar-refractivity contribution in [2.75, 3.05) is 13.1 Å². The molecule has 0 saturated carbocycles. The molecule has 6 nitrogen and oxygen atoms in total. The summed E-state index contributed by atoms with van der Waals surface area (Å²) >= 11 is 0. The number of carbonyl (C=O) groups is 1. The van der Waals surface area contributed by atoms with Crippen LogP contribution >= 0.6 is 0 Å². The molecule has 1 aromatic heterocycles. The molecule has 1 saturated heterocycles. The Balaban J connectivity index is 1.84. The van der Waals surface area contributed by atoms with Crippen molar-refractivity contribution in [2.45, 2.75) is 52.0 Å². The summed E-state index contributed by atoms with van der Waals surface area (Å²) in [5, 5.41) is 12.8. The molecule has 0 spiro atoms. The molecule has 112 valence electrons. The van der Waals surface area contributed by atoms with Crippen LogP contribution in [0, 0.1) is 5.92 Å². The second-order valence-corrected chi connectivity index (χ2v) is 6.58. The lowest BCUT2D eigenvalue weighted by atomic mass is 9.94. The highest BCUT2D eigenvalue weighted by Crippen LogP contribution is 2.23. The maximum absolute atomic E-state index is 10.7. The molecule has 0 bridgehead atoms. The van der Waals surface area contributed by atoms with Gasteiger partial charge in [-0.25, -0.2) is 0 Å². The van der Waals surface area contributed by atoms with Gasteiger partial charge in [0.2, 0.25) is 5.89 Å². The summed E-state index contributed by atoms with van der Waals surface area (Å²) < 4.78 is 5.29. The average Bonchev–Trinajstić information content (AvgIpc) is 2.79. The summed E-state index contributed by atoms with van der Waals surface area (Å²) in [4.78, 5) is 17.4. The topological polar surface area (TPSA) is 79.5 Å². The Morgan fingerprint density at radius 3 is 2.55 bits per heavy atom. The molecule has 1 aromatic rings. The Kier molecular flexibility index (Phi) is 4.42. The smallest absolute Gasteiger partial charge is 0.303 e. The van der Waals surface area contributed by atoms with Gasteiger partial charge in [0.1, 0.15) is 0 Å². The number of rotatable bonds is 4. The van der Waals surface area contributed by atoms with Crippen molar-refractivity contribution in [1.29, 1.82) is 0 Å². The number of nitrogens with zero attached hydrogens (tertiary/aromatic N) is 3.